The Morgan fingerprint density at radius 3 is 2.24 bits per heavy atom. The van der Waals surface area contributed by atoms with Crippen molar-refractivity contribution >= 4 is 5.97 Å². The molecule has 0 aliphatic carbocycles. The topological polar surface area (TPSA) is 72.5 Å². The van der Waals surface area contributed by atoms with Gasteiger partial charge in [0.15, 0.2) is 0 Å². The lowest BCUT2D eigenvalue weighted by Gasteiger charge is -2.21. The number of rotatable bonds is 4. The summed E-state index contributed by atoms with van der Waals surface area (Å²) in [6.45, 7) is 7.27. The van der Waals surface area contributed by atoms with E-state index in [0.29, 0.717) is 5.75 Å². The fraction of sp³-hybridized carbons (Fsp3) is 0.462. The summed E-state index contributed by atoms with van der Waals surface area (Å²) in [6, 6.07) is 3.99. The summed E-state index contributed by atoms with van der Waals surface area (Å²) < 4.78 is 5.54. The first-order valence-electron chi connectivity index (χ1n) is 5.47. The van der Waals surface area contributed by atoms with Crippen LogP contribution in [0, 0.1) is 20.8 Å². The molecule has 17 heavy (non-hydrogen) atoms. The van der Waals surface area contributed by atoms with Crippen LogP contribution >= 0.6 is 0 Å². The SMILES string of the molecule is Cc1cc(C)c(OCC(C)(N)C(=O)O)c(C)c1. The Hall–Kier alpha value is -1.55. The second kappa shape index (κ2) is 4.75. The monoisotopic (exact) mass is 237 g/mol. The number of hydrogen-bond donors (Lipinski definition) is 2. The Morgan fingerprint density at radius 2 is 1.82 bits per heavy atom. The van der Waals surface area contributed by atoms with Crippen molar-refractivity contribution in [2.45, 2.75) is 33.2 Å². The molecule has 1 atom stereocenters. The van der Waals surface area contributed by atoms with E-state index < -0.39 is 11.5 Å². The molecule has 0 aliphatic heterocycles. The first kappa shape index (κ1) is 13.5. The zero-order chi connectivity index (χ0) is 13.2. The Balaban J connectivity index is 2.87. The van der Waals surface area contributed by atoms with Gasteiger partial charge in [0.1, 0.15) is 17.9 Å². The van der Waals surface area contributed by atoms with Gasteiger partial charge in [0, 0.05) is 0 Å². The lowest BCUT2D eigenvalue weighted by atomic mass is 10.0. The molecule has 94 valence electrons. The largest absolute Gasteiger partial charge is 0.490 e. The zero-order valence-electron chi connectivity index (χ0n) is 10.7. The van der Waals surface area contributed by atoms with Crippen molar-refractivity contribution in [3.8, 4) is 5.75 Å². The molecule has 1 aromatic carbocycles. The Bertz CT molecular complexity index is 415. The summed E-state index contributed by atoms with van der Waals surface area (Å²) in [5.74, 6) is -0.353. The van der Waals surface area contributed by atoms with E-state index in [4.69, 9.17) is 15.6 Å². The van der Waals surface area contributed by atoms with Crippen LogP contribution in [-0.4, -0.2) is 23.2 Å². The molecule has 0 aliphatic rings. The Morgan fingerprint density at radius 1 is 1.35 bits per heavy atom. The summed E-state index contributed by atoms with van der Waals surface area (Å²) >= 11 is 0. The van der Waals surface area contributed by atoms with Crippen LogP contribution in [0.4, 0.5) is 0 Å². The summed E-state index contributed by atoms with van der Waals surface area (Å²) in [4.78, 5) is 10.9. The molecule has 0 amide bonds. The van der Waals surface area contributed by atoms with Crippen molar-refractivity contribution in [3.63, 3.8) is 0 Å². The number of aliphatic carboxylic acids is 1. The third-order valence-electron chi connectivity index (χ3n) is 2.61. The van der Waals surface area contributed by atoms with Gasteiger partial charge in [-0.1, -0.05) is 17.7 Å². The molecule has 1 unspecified atom stereocenters. The predicted octanol–water partition coefficient (Wildman–Crippen LogP) is 1.79. The maximum Gasteiger partial charge on any atom is 0.326 e. The van der Waals surface area contributed by atoms with E-state index in [-0.39, 0.29) is 6.61 Å². The third kappa shape index (κ3) is 3.20. The average Bonchev–Trinajstić information content (AvgIpc) is 2.15. The van der Waals surface area contributed by atoms with Gasteiger partial charge >= 0.3 is 5.97 Å². The van der Waals surface area contributed by atoms with Crippen LogP contribution in [0.15, 0.2) is 12.1 Å². The molecule has 4 nitrogen and oxygen atoms in total. The minimum atomic E-state index is -1.37. The molecule has 0 saturated heterocycles. The second-order valence-electron chi connectivity index (χ2n) is 4.74. The molecule has 0 fully saturated rings. The van der Waals surface area contributed by atoms with Crippen LogP contribution in [0.3, 0.4) is 0 Å². The highest BCUT2D eigenvalue weighted by molar-refractivity contribution is 5.78. The summed E-state index contributed by atoms with van der Waals surface area (Å²) in [6.07, 6.45) is 0. The van der Waals surface area contributed by atoms with E-state index >= 15 is 0 Å². The van der Waals surface area contributed by atoms with Gasteiger partial charge in [-0.05, 0) is 38.8 Å². The number of carboxylic acids is 1. The maximum atomic E-state index is 10.9. The number of aryl methyl sites for hydroxylation is 3. The van der Waals surface area contributed by atoms with Crippen molar-refractivity contribution in [1.82, 2.24) is 0 Å². The van der Waals surface area contributed by atoms with E-state index in [1.807, 2.05) is 32.9 Å². The maximum absolute atomic E-state index is 10.9. The van der Waals surface area contributed by atoms with Gasteiger partial charge in [0.2, 0.25) is 0 Å². The number of carboxylic acid groups (broad SMARTS) is 1. The van der Waals surface area contributed by atoms with Gasteiger partial charge in [-0.25, -0.2) is 0 Å². The van der Waals surface area contributed by atoms with Crippen molar-refractivity contribution in [3.05, 3.63) is 28.8 Å². The summed E-state index contributed by atoms with van der Waals surface area (Å²) in [5, 5.41) is 8.90. The van der Waals surface area contributed by atoms with Crippen LogP contribution in [0.5, 0.6) is 5.75 Å². The molecule has 0 radical (unpaired) electrons. The van der Waals surface area contributed by atoms with Crippen LogP contribution in [-0.2, 0) is 4.79 Å². The molecule has 0 saturated carbocycles. The quantitative estimate of drug-likeness (QED) is 0.837. The lowest BCUT2D eigenvalue weighted by Crippen LogP contribution is -2.50. The number of nitrogens with two attached hydrogens (primary N) is 1. The average molecular weight is 237 g/mol. The van der Waals surface area contributed by atoms with Gasteiger partial charge in [0.25, 0.3) is 0 Å². The minimum absolute atomic E-state index is 0.0485. The summed E-state index contributed by atoms with van der Waals surface area (Å²) in [7, 11) is 0. The molecule has 0 spiro atoms. The van der Waals surface area contributed by atoms with Gasteiger partial charge in [0.05, 0.1) is 0 Å². The highest BCUT2D eigenvalue weighted by atomic mass is 16.5. The number of ether oxygens (including phenoxy) is 1. The number of hydrogen-bond acceptors (Lipinski definition) is 3. The highest BCUT2D eigenvalue weighted by Gasteiger charge is 2.29. The van der Waals surface area contributed by atoms with Gasteiger partial charge in [-0.3, -0.25) is 4.79 Å². The van der Waals surface area contributed by atoms with Crippen molar-refractivity contribution in [2.24, 2.45) is 5.73 Å². The first-order valence-corrected chi connectivity index (χ1v) is 5.47. The number of carbonyl (C=O) groups is 1. The molecule has 0 bridgehead atoms. The predicted molar refractivity (Wildman–Crippen MR) is 66.4 cm³/mol. The Labute approximate surface area is 101 Å². The fourth-order valence-corrected chi connectivity index (χ4v) is 1.68. The standard InChI is InChI=1S/C13H19NO3/c1-8-5-9(2)11(10(3)6-8)17-7-13(4,14)12(15)16/h5-6H,7,14H2,1-4H3,(H,15,16). The van der Waals surface area contributed by atoms with Gasteiger partial charge in [-0.15, -0.1) is 0 Å². The van der Waals surface area contributed by atoms with Crippen molar-refractivity contribution in [1.29, 1.82) is 0 Å². The fourth-order valence-electron chi connectivity index (χ4n) is 1.68. The molecular formula is C13H19NO3. The molecule has 4 heteroatoms. The zero-order valence-corrected chi connectivity index (χ0v) is 10.7. The van der Waals surface area contributed by atoms with Crippen molar-refractivity contribution < 1.29 is 14.6 Å². The smallest absolute Gasteiger partial charge is 0.326 e. The molecule has 0 heterocycles. The van der Waals surface area contributed by atoms with E-state index in [2.05, 4.69) is 0 Å². The lowest BCUT2D eigenvalue weighted by molar-refractivity contribution is -0.143. The van der Waals surface area contributed by atoms with E-state index in [0.717, 1.165) is 16.7 Å². The van der Waals surface area contributed by atoms with Crippen molar-refractivity contribution in [2.75, 3.05) is 6.61 Å². The molecule has 0 aromatic heterocycles. The minimum Gasteiger partial charge on any atom is -0.490 e. The molecule has 3 N–H and O–H groups in total. The molecule has 1 rings (SSSR count). The first-order chi connectivity index (χ1) is 7.74. The van der Waals surface area contributed by atoms with E-state index in [1.165, 1.54) is 6.92 Å². The molecule has 1 aromatic rings. The van der Waals surface area contributed by atoms with E-state index in [9.17, 15) is 4.79 Å². The third-order valence-corrected chi connectivity index (χ3v) is 2.61. The van der Waals surface area contributed by atoms with Crippen LogP contribution in [0.1, 0.15) is 23.6 Å². The Kier molecular flexibility index (Phi) is 3.78. The number of benzene rings is 1. The van der Waals surface area contributed by atoms with Crippen LogP contribution in [0.25, 0.3) is 0 Å². The van der Waals surface area contributed by atoms with Gasteiger partial charge < -0.3 is 15.6 Å². The van der Waals surface area contributed by atoms with Crippen LogP contribution in [0.2, 0.25) is 0 Å². The normalized spacial score (nSPS) is 14.2. The second-order valence-corrected chi connectivity index (χ2v) is 4.74. The van der Waals surface area contributed by atoms with Gasteiger partial charge in [-0.2, -0.15) is 0 Å². The van der Waals surface area contributed by atoms with E-state index in [1.54, 1.807) is 0 Å². The molecular weight excluding hydrogens is 218 g/mol. The summed E-state index contributed by atoms with van der Waals surface area (Å²) in [5.41, 5.74) is 7.37. The van der Waals surface area contributed by atoms with Crippen LogP contribution < -0.4 is 10.5 Å². The highest BCUT2D eigenvalue weighted by Crippen LogP contribution is 2.25.